The smallest absolute Gasteiger partial charge is 0.258 e. The summed E-state index contributed by atoms with van der Waals surface area (Å²) in [7, 11) is -1.48. The molecule has 2 aliphatic heterocycles. The lowest BCUT2D eigenvalue weighted by Crippen LogP contribution is -2.44. The number of piperazine rings is 1. The van der Waals surface area contributed by atoms with Crippen molar-refractivity contribution in [2.75, 3.05) is 53.0 Å². The van der Waals surface area contributed by atoms with E-state index in [2.05, 4.69) is 20.4 Å². The van der Waals surface area contributed by atoms with Crippen LogP contribution in [0.5, 0.6) is 0 Å². The molecule has 0 aromatic carbocycles. The molecule has 4 heterocycles. The number of nitrogens with one attached hydrogen (secondary N) is 1. The molecule has 9 nitrogen and oxygen atoms in total. The van der Waals surface area contributed by atoms with Gasteiger partial charge in [0.2, 0.25) is 0 Å². The number of nitrogens with zero attached hydrogens (tertiary/aromatic N) is 4. The van der Waals surface area contributed by atoms with Crippen molar-refractivity contribution in [2.24, 2.45) is 0 Å². The van der Waals surface area contributed by atoms with Crippen molar-refractivity contribution in [2.45, 2.75) is 10.3 Å². The highest BCUT2D eigenvalue weighted by molar-refractivity contribution is 7.91. The number of halogens is 1. The average molecular weight is 436 g/mol. The maximum Gasteiger partial charge on any atom is 0.258 e. The van der Waals surface area contributed by atoms with E-state index in [1.807, 2.05) is 7.05 Å². The molecule has 0 saturated carbocycles. The van der Waals surface area contributed by atoms with E-state index in [0.29, 0.717) is 43.6 Å². The minimum atomic E-state index is -3.51. The Morgan fingerprint density at radius 3 is 2.81 bits per heavy atom. The standard InChI is InChI=1S/C15H21N5O4S2.ClH/c1-19-3-2-16-9-12(19)14-17-15(24-18-14)11-8-13(25-10-11)26(21,22)20-4-6-23-7-5-20;/h8,10,12,16H,2-7,9H2,1H3;1H. The molecule has 12 heteroatoms. The summed E-state index contributed by atoms with van der Waals surface area (Å²) < 4.78 is 37.8. The Labute approximate surface area is 168 Å². The lowest BCUT2D eigenvalue weighted by molar-refractivity contribution is 0.0731. The van der Waals surface area contributed by atoms with E-state index < -0.39 is 10.0 Å². The van der Waals surface area contributed by atoms with Crippen LogP contribution in [-0.2, 0) is 14.8 Å². The van der Waals surface area contributed by atoms with E-state index in [-0.39, 0.29) is 22.7 Å². The second kappa shape index (κ2) is 8.52. The second-order valence-electron chi connectivity index (χ2n) is 6.33. The summed E-state index contributed by atoms with van der Waals surface area (Å²) in [5.74, 6) is 0.956. The molecule has 0 radical (unpaired) electrons. The monoisotopic (exact) mass is 435 g/mol. The molecule has 4 rings (SSSR count). The molecule has 27 heavy (non-hydrogen) atoms. The van der Waals surface area contributed by atoms with Gasteiger partial charge in [-0.2, -0.15) is 9.29 Å². The van der Waals surface area contributed by atoms with Crippen molar-refractivity contribution in [3.8, 4) is 11.5 Å². The van der Waals surface area contributed by atoms with Crippen molar-refractivity contribution < 1.29 is 17.7 Å². The molecule has 0 amide bonds. The first kappa shape index (κ1) is 20.6. The third kappa shape index (κ3) is 4.19. The molecule has 2 fully saturated rings. The average Bonchev–Trinajstić information content (AvgIpc) is 3.32. The molecule has 0 spiro atoms. The van der Waals surface area contributed by atoms with Crippen molar-refractivity contribution in [1.82, 2.24) is 24.7 Å². The lowest BCUT2D eigenvalue weighted by Gasteiger charge is -2.30. The van der Waals surface area contributed by atoms with Crippen LogP contribution in [0.3, 0.4) is 0 Å². The quantitative estimate of drug-likeness (QED) is 0.753. The Bertz CT molecular complexity index is 865. The van der Waals surface area contributed by atoms with Crippen LogP contribution in [0.25, 0.3) is 11.5 Å². The van der Waals surface area contributed by atoms with E-state index in [1.165, 1.54) is 15.6 Å². The molecule has 2 aliphatic rings. The molecule has 1 N–H and O–H groups in total. The fraction of sp³-hybridized carbons (Fsp3) is 0.600. The number of hydrogen-bond donors (Lipinski definition) is 1. The topological polar surface area (TPSA) is 101 Å². The molecule has 2 aromatic heterocycles. The number of ether oxygens (including phenoxy) is 1. The lowest BCUT2D eigenvalue weighted by atomic mass is 10.2. The third-order valence-corrected chi connectivity index (χ3v) is 7.95. The molecular formula is C15H22ClN5O4S2. The van der Waals surface area contributed by atoms with Gasteiger partial charge in [0.25, 0.3) is 15.9 Å². The zero-order chi connectivity index (χ0) is 18.1. The highest BCUT2D eigenvalue weighted by Gasteiger charge is 2.29. The van der Waals surface area contributed by atoms with Gasteiger partial charge in [0, 0.05) is 38.1 Å². The number of morpholine rings is 1. The van der Waals surface area contributed by atoms with E-state index >= 15 is 0 Å². The Morgan fingerprint density at radius 1 is 1.30 bits per heavy atom. The minimum Gasteiger partial charge on any atom is -0.379 e. The van der Waals surface area contributed by atoms with E-state index in [9.17, 15) is 8.42 Å². The van der Waals surface area contributed by atoms with Gasteiger partial charge in [-0.15, -0.1) is 23.7 Å². The highest BCUT2D eigenvalue weighted by atomic mass is 35.5. The highest BCUT2D eigenvalue weighted by Crippen LogP contribution is 2.30. The number of hydrogen-bond acceptors (Lipinski definition) is 9. The number of thiophene rings is 1. The fourth-order valence-electron chi connectivity index (χ4n) is 3.06. The normalized spacial score (nSPS) is 22.5. The van der Waals surface area contributed by atoms with Gasteiger partial charge in [0.15, 0.2) is 5.82 Å². The summed E-state index contributed by atoms with van der Waals surface area (Å²) in [6.45, 7) is 4.21. The zero-order valence-electron chi connectivity index (χ0n) is 14.8. The van der Waals surface area contributed by atoms with Gasteiger partial charge < -0.3 is 14.6 Å². The molecule has 1 atom stereocenters. The van der Waals surface area contributed by atoms with Gasteiger partial charge in [0.1, 0.15) is 4.21 Å². The molecule has 0 aliphatic carbocycles. The van der Waals surface area contributed by atoms with Crippen LogP contribution in [0.15, 0.2) is 20.2 Å². The predicted molar refractivity (Wildman–Crippen MR) is 103 cm³/mol. The van der Waals surface area contributed by atoms with E-state index in [4.69, 9.17) is 9.26 Å². The Hall–Kier alpha value is -1.08. The van der Waals surface area contributed by atoms with Crippen molar-refractivity contribution >= 4 is 33.8 Å². The number of aromatic nitrogens is 2. The minimum absolute atomic E-state index is 0. The van der Waals surface area contributed by atoms with Crippen LogP contribution < -0.4 is 5.32 Å². The Morgan fingerprint density at radius 2 is 2.07 bits per heavy atom. The van der Waals surface area contributed by atoms with Gasteiger partial charge in [-0.3, -0.25) is 4.90 Å². The molecule has 2 saturated heterocycles. The first-order valence-corrected chi connectivity index (χ1v) is 10.8. The number of sulfonamides is 1. The predicted octanol–water partition coefficient (Wildman–Crippen LogP) is 0.817. The van der Waals surface area contributed by atoms with Crippen LogP contribution in [-0.4, -0.2) is 80.7 Å². The van der Waals surface area contributed by atoms with Crippen molar-refractivity contribution in [3.63, 3.8) is 0 Å². The van der Waals surface area contributed by atoms with Crippen LogP contribution in [0.1, 0.15) is 11.9 Å². The summed E-state index contributed by atoms with van der Waals surface area (Å²) in [4.78, 5) is 6.65. The summed E-state index contributed by atoms with van der Waals surface area (Å²) in [5, 5.41) is 9.15. The summed E-state index contributed by atoms with van der Waals surface area (Å²) in [5.41, 5.74) is 0.631. The van der Waals surface area contributed by atoms with Gasteiger partial charge >= 0.3 is 0 Å². The van der Waals surface area contributed by atoms with Crippen molar-refractivity contribution in [3.05, 3.63) is 17.3 Å². The van der Waals surface area contributed by atoms with E-state index in [0.717, 1.165) is 19.6 Å². The first-order valence-electron chi connectivity index (χ1n) is 8.47. The van der Waals surface area contributed by atoms with Crippen LogP contribution in [0.4, 0.5) is 0 Å². The maximum absolute atomic E-state index is 12.7. The molecule has 1 unspecified atom stereocenters. The van der Waals surface area contributed by atoms with Gasteiger partial charge in [-0.25, -0.2) is 8.42 Å². The SMILES string of the molecule is CN1CCNCC1c1noc(-c2csc(S(=O)(=O)N3CCOCC3)c2)n1.Cl. The summed E-state index contributed by atoms with van der Waals surface area (Å²) >= 11 is 1.17. The third-order valence-electron chi connectivity index (χ3n) is 4.64. The van der Waals surface area contributed by atoms with E-state index in [1.54, 1.807) is 11.4 Å². The molecule has 2 aromatic rings. The van der Waals surface area contributed by atoms with Crippen molar-refractivity contribution in [1.29, 1.82) is 0 Å². The van der Waals surface area contributed by atoms with Crippen LogP contribution >= 0.6 is 23.7 Å². The largest absolute Gasteiger partial charge is 0.379 e. The molecule has 150 valence electrons. The van der Waals surface area contributed by atoms with Gasteiger partial charge in [-0.1, -0.05) is 5.16 Å². The van der Waals surface area contributed by atoms with Gasteiger partial charge in [0.05, 0.1) is 24.8 Å². The molecule has 0 bridgehead atoms. The zero-order valence-corrected chi connectivity index (χ0v) is 17.3. The van der Waals surface area contributed by atoms with Crippen LogP contribution in [0.2, 0.25) is 0 Å². The Balaban J connectivity index is 0.00000210. The first-order chi connectivity index (χ1) is 12.6. The summed E-state index contributed by atoms with van der Waals surface area (Å²) in [6.07, 6.45) is 0. The Kier molecular flexibility index (Phi) is 6.51. The van der Waals surface area contributed by atoms with Gasteiger partial charge in [-0.05, 0) is 13.1 Å². The number of likely N-dealkylation sites (N-methyl/N-ethyl adjacent to an activating group) is 1. The second-order valence-corrected chi connectivity index (χ2v) is 9.41. The summed E-state index contributed by atoms with van der Waals surface area (Å²) in [6, 6.07) is 1.66. The number of rotatable bonds is 4. The fourth-order valence-corrected chi connectivity index (χ4v) is 5.77. The maximum atomic E-state index is 12.7. The molecular weight excluding hydrogens is 414 g/mol. The van der Waals surface area contributed by atoms with Crippen LogP contribution in [0, 0.1) is 0 Å².